The van der Waals surface area contributed by atoms with E-state index in [1.165, 1.54) is 16.9 Å². The van der Waals surface area contributed by atoms with Gasteiger partial charge in [-0.05, 0) is 43.3 Å². The molecule has 2 N–H and O–H groups in total. The highest BCUT2D eigenvalue weighted by molar-refractivity contribution is 6.42. The molecule has 7 nitrogen and oxygen atoms in total. The zero-order valence-electron chi connectivity index (χ0n) is 15.1. The van der Waals surface area contributed by atoms with E-state index < -0.39 is 12.0 Å². The van der Waals surface area contributed by atoms with Crippen LogP contribution >= 0.6 is 34.8 Å². The molecule has 10 heteroatoms. The maximum Gasteiger partial charge on any atom is 0.343 e. The first-order valence-electron chi connectivity index (χ1n) is 8.43. The van der Waals surface area contributed by atoms with Gasteiger partial charge in [-0.25, -0.2) is 14.3 Å². The van der Waals surface area contributed by atoms with Gasteiger partial charge in [-0.3, -0.25) is 5.32 Å². The number of anilines is 2. The van der Waals surface area contributed by atoms with Crippen LogP contribution in [0.25, 0.3) is 5.69 Å². The van der Waals surface area contributed by atoms with Crippen molar-refractivity contribution >= 4 is 58.3 Å². The van der Waals surface area contributed by atoms with Gasteiger partial charge in [-0.15, -0.1) is 0 Å². The van der Waals surface area contributed by atoms with E-state index in [0.717, 1.165) is 0 Å². The largest absolute Gasteiger partial charge is 0.462 e. The average molecular weight is 454 g/mol. The number of rotatable bonds is 5. The molecule has 2 amide bonds. The number of urea groups is 1. The Labute approximate surface area is 181 Å². The molecule has 0 spiro atoms. The van der Waals surface area contributed by atoms with Gasteiger partial charge in [0.2, 0.25) is 0 Å². The summed E-state index contributed by atoms with van der Waals surface area (Å²) in [5, 5.41) is 10.6. The zero-order valence-corrected chi connectivity index (χ0v) is 17.3. The molecular formula is C19H15Cl3N4O3. The smallest absolute Gasteiger partial charge is 0.343 e. The van der Waals surface area contributed by atoms with Gasteiger partial charge >= 0.3 is 12.0 Å². The molecule has 0 bridgehead atoms. The van der Waals surface area contributed by atoms with Gasteiger partial charge in [0.15, 0.2) is 5.82 Å². The monoisotopic (exact) mass is 452 g/mol. The van der Waals surface area contributed by atoms with Crippen molar-refractivity contribution in [2.24, 2.45) is 0 Å². The number of carbonyl (C=O) groups excluding carboxylic acids is 2. The standard InChI is InChI=1S/C19H15Cl3N4O3/c1-2-29-18(27)14-10-23-26(13-5-3-4-11(20)8-13)17(14)25-19(28)24-12-6-7-15(21)16(22)9-12/h3-10H,2H2,1H3,(H2,24,25,28). The van der Waals surface area contributed by atoms with Crippen molar-refractivity contribution in [2.45, 2.75) is 6.92 Å². The van der Waals surface area contributed by atoms with Crippen molar-refractivity contribution in [2.75, 3.05) is 17.2 Å². The number of hydrogen-bond donors (Lipinski definition) is 2. The fourth-order valence-corrected chi connectivity index (χ4v) is 2.96. The first-order chi connectivity index (χ1) is 13.9. The Balaban J connectivity index is 1.92. The molecule has 29 heavy (non-hydrogen) atoms. The van der Waals surface area contributed by atoms with Crippen LogP contribution in [0, 0.1) is 0 Å². The summed E-state index contributed by atoms with van der Waals surface area (Å²) in [7, 11) is 0. The molecule has 0 atom stereocenters. The number of esters is 1. The lowest BCUT2D eigenvalue weighted by atomic mass is 10.3. The Bertz CT molecular complexity index is 1070. The van der Waals surface area contributed by atoms with Gasteiger partial charge in [0.25, 0.3) is 0 Å². The lowest BCUT2D eigenvalue weighted by molar-refractivity contribution is 0.0527. The van der Waals surface area contributed by atoms with E-state index in [1.807, 2.05) is 0 Å². The van der Waals surface area contributed by atoms with Crippen molar-refractivity contribution in [1.82, 2.24) is 9.78 Å². The first-order valence-corrected chi connectivity index (χ1v) is 9.56. The van der Waals surface area contributed by atoms with Gasteiger partial charge in [-0.2, -0.15) is 5.10 Å². The molecule has 0 aliphatic rings. The SMILES string of the molecule is CCOC(=O)c1cnn(-c2cccc(Cl)c2)c1NC(=O)Nc1ccc(Cl)c(Cl)c1. The van der Waals surface area contributed by atoms with E-state index >= 15 is 0 Å². The van der Waals surface area contributed by atoms with Gasteiger partial charge < -0.3 is 10.1 Å². The van der Waals surface area contributed by atoms with Crippen LogP contribution < -0.4 is 10.6 Å². The quantitative estimate of drug-likeness (QED) is 0.489. The number of benzene rings is 2. The Kier molecular flexibility index (Phi) is 6.64. The zero-order chi connectivity index (χ0) is 21.0. The summed E-state index contributed by atoms with van der Waals surface area (Å²) in [4.78, 5) is 24.8. The van der Waals surface area contributed by atoms with Gasteiger partial charge in [0.05, 0.1) is 28.5 Å². The Morgan fingerprint density at radius 2 is 1.86 bits per heavy atom. The van der Waals surface area contributed by atoms with E-state index in [-0.39, 0.29) is 18.0 Å². The topological polar surface area (TPSA) is 85.2 Å². The van der Waals surface area contributed by atoms with E-state index in [9.17, 15) is 9.59 Å². The molecule has 0 aliphatic heterocycles. The highest BCUT2D eigenvalue weighted by Gasteiger charge is 2.21. The molecule has 3 aromatic rings. The van der Waals surface area contributed by atoms with Crippen LogP contribution in [0.15, 0.2) is 48.7 Å². The number of carbonyl (C=O) groups is 2. The summed E-state index contributed by atoms with van der Waals surface area (Å²) < 4.78 is 6.43. The summed E-state index contributed by atoms with van der Waals surface area (Å²) in [6.07, 6.45) is 1.31. The van der Waals surface area contributed by atoms with Crippen LogP contribution in [0.5, 0.6) is 0 Å². The van der Waals surface area contributed by atoms with E-state index in [1.54, 1.807) is 43.3 Å². The van der Waals surface area contributed by atoms with Crippen LogP contribution in [0.1, 0.15) is 17.3 Å². The number of ether oxygens (including phenoxy) is 1. The van der Waals surface area contributed by atoms with Gasteiger partial charge in [-0.1, -0.05) is 40.9 Å². The maximum atomic E-state index is 12.5. The van der Waals surface area contributed by atoms with Crippen molar-refractivity contribution in [1.29, 1.82) is 0 Å². The summed E-state index contributed by atoms with van der Waals surface area (Å²) in [5.74, 6) is -0.492. The van der Waals surface area contributed by atoms with Crippen LogP contribution in [-0.4, -0.2) is 28.4 Å². The second-order valence-electron chi connectivity index (χ2n) is 5.73. The minimum atomic E-state index is -0.620. The molecule has 0 aliphatic carbocycles. The number of halogens is 3. The van der Waals surface area contributed by atoms with Crippen LogP contribution in [0.3, 0.4) is 0 Å². The van der Waals surface area contributed by atoms with Gasteiger partial charge in [0, 0.05) is 10.7 Å². The van der Waals surface area contributed by atoms with Crippen molar-refractivity contribution in [3.8, 4) is 5.69 Å². The predicted molar refractivity (Wildman–Crippen MR) is 114 cm³/mol. The molecule has 150 valence electrons. The number of nitrogens with one attached hydrogen (secondary N) is 2. The third-order valence-electron chi connectivity index (χ3n) is 3.73. The molecule has 1 aromatic heterocycles. The third-order valence-corrected chi connectivity index (χ3v) is 4.70. The average Bonchev–Trinajstić information content (AvgIpc) is 3.08. The Morgan fingerprint density at radius 3 is 2.55 bits per heavy atom. The molecule has 0 saturated carbocycles. The normalized spacial score (nSPS) is 10.5. The molecule has 0 unspecified atom stereocenters. The molecule has 3 rings (SSSR count). The lowest BCUT2D eigenvalue weighted by Gasteiger charge is -2.12. The summed E-state index contributed by atoms with van der Waals surface area (Å²) in [6.45, 7) is 1.86. The predicted octanol–water partition coefficient (Wildman–Crippen LogP) is 5.65. The number of amides is 2. The summed E-state index contributed by atoms with van der Waals surface area (Å²) in [6, 6.07) is 10.8. The second kappa shape index (κ2) is 9.17. The Morgan fingerprint density at radius 1 is 1.07 bits per heavy atom. The molecule has 2 aromatic carbocycles. The number of hydrogen-bond acceptors (Lipinski definition) is 4. The fraction of sp³-hybridized carbons (Fsp3) is 0.105. The van der Waals surface area contributed by atoms with E-state index in [4.69, 9.17) is 39.5 Å². The van der Waals surface area contributed by atoms with Crippen molar-refractivity contribution in [3.05, 3.63) is 69.3 Å². The van der Waals surface area contributed by atoms with Crippen LogP contribution in [0.4, 0.5) is 16.3 Å². The second-order valence-corrected chi connectivity index (χ2v) is 6.98. The minimum absolute atomic E-state index is 0.0936. The lowest BCUT2D eigenvalue weighted by Crippen LogP contribution is -2.23. The van der Waals surface area contributed by atoms with Crippen LogP contribution in [-0.2, 0) is 4.74 Å². The fourth-order valence-electron chi connectivity index (χ4n) is 2.47. The molecule has 1 heterocycles. The summed E-state index contributed by atoms with van der Waals surface area (Å²) >= 11 is 17.9. The number of aromatic nitrogens is 2. The molecule has 0 radical (unpaired) electrons. The van der Waals surface area contributed by atoms with E-state index in [2.05, 4.69) is 15.7 Å². The van der Waals surface area contributed by atoms with Crippen molar-refractivity contribution < 1.29 is 14.3 Å². The maximum absolute atomic E-state index is 12.5. The van der Waals surface area contributed by atoms with Gasteiger partial charge in [0.1, 0.15) is 5.56 Å². The Hall–Kier alpha value is -2.74. The minimum Gasteiger partial charge on any atom is -0.462 e. The van der Waals surface area contributed by atoms with Crippen molar-refractivity contribution in [3.63, 3.8) is 0 Å². The van der Waals surface area contributed by atoms with E-state index in [0.29, 0.717) is 26.4 Å². The van der Waals surface area contributed by atoms with Crippen LogP contribution in [0.2, 0.25) is 15.1 Å². The first kappa shape index (κ1) is 21.0. The third kappa shape index (κ3) is 5.00. The highest BCUT2D eigenvalue weighted by atomic mass is 35.5. The highest BCUT2D eigenvalue weighted by Crippen LogP contribution is 2.26. The summed E-state index contributed by atoms with van der Waals surface area (Å²) in [5.41, 5.74) is 1.07. The molecular weight excluding hydrogens is 439 g/mol. The number of nitrogens with zero attached hydrogens (tertiary/aromatic N) is 2. The molecule has 0 fully saturated rings. The molecule has 0 saturated heterocycles.